The van der Waals surface area contributed by atoms with Crippen molar-refractivity contribution in [2.75, 3.05) is 7.05 Å². The highest BCUT2D eigenvalue weighted by atomic mass is 16.6. The third-order valence-electron chi connectivity index (χ3n) is 6.54. The predicted octanol–water partition coefficient (Wildman–Crippen LogP) is 5.19. The number of rotatable bonds is 11. The highest BCUT2D eigenvalue weighted by molar-refractivity contribution is 5.94. The number of amides is 3. The van der Waals surface area contributed by atoms with Crippen molar-refractivity contribution >= 4 is 23.9 Å². The van der Waals surface area contributed by atoms with Gasteiger partial charge in [-0.15, -0.1) is 0 Å². The summed E-state index contributed by atoms with van der Waals surface area (Å²) in [5, 5.41) is 5.57. The number of benzene rings is 2. The summed E-state index contributed by atoms with van der Waals surface area (Å²) >= 11 is 0. The first-order valence-electron chi connectivity index (χ1n) is 14.4. The third kappa shape index (κ3) is 10.8. The topological polar surface area (TPSA) is 114 Å². The van der Waals surface area contributed by atoms with Gasteiger partial charge in [0.2, 0.25) is 11.8 Å². The molecule has 3 amide bonds. The summed E-state index contributed by atoms with van der Waals surface area (Å²) in [7, 11) is 1.52. The fourth-order valence-electron chi connectivity index (χ4n) is 4.32. The summed E-state index contributed by atoms with van der Waals surface area (Å²) in [6.45, 7) is 14.3. The molecule has 0 aromatic heterocycles. The van der Waals surface area contributed by atoms with Crippen LogP contribution in [0.3, 0.4) is 0 Å². The number of carbonyl (C=O) groups is 4. The Hall–Kier alpha value is -3.88. The van der Waals surface area contributed by atoms with Crippen molar-refractivity contribution in [3.8, 4) is 0 Å². The molecule has 4 atom stereocenters. The summed E-state index contributed by atoms with van der Waals surface area (Å²) in [4.78, 5) is 55.2. The molecule has 2 aromatic carbocycles. The van der Waals surface area contributed by atoms with Crippen LogP contribution in [0.4, 0.5) is 4.79 Å². The molecule has 0 saturated heterocycles. The molecule has 0 spiro atoms. The molecule has 9 nitrogen and oxygen atoms in total. The zero-order valence-electron chi connectivity index (χ0n) is 26.4. The third-order valence-corrected chi connectivity index (χ3v) is 6.54. The number of esters is 1. The van der Waals surface area contributed by atoms with Crippen molar-refractivity contribution in [1.29, 1.82) is 0 Å². The fourth-order valence-corrected chi connectivity index (χ4v) is 4.32. The first-order chi connectivity index (χ1) is 19.5. The largest absolute Gasteiger partial charge is 0.458 e. The van der Waals surface area contributed by atoms with Gasteiger partial charge in [0.1, 0.15) is 29.3 Å². The summed E-state index contributed by atoms with van der Waals surface area (Å²) in [6, 6.07) is 15.1. The van der Waals surface area contributed by atoms with Crippen LogP contribution < -0.4 is 10.6 Å². The summed E-state index contributed by atoms with van der Waals surface area (Å²) in [5.74, 6) is -1.84. The van der Waals surface area contributed by atoms with Gasteiger partial charge < -0.3 is 25.0 Å². The van der Waals surface area contributed by atoms with Gasteiger partial charge in [0.05, 0.1) is 0 Å². The Labute approximate surface area is 250 Å². The van der Waals surface area contributed by atoms with Gasteiger partial charge in [-0.05, 0) is 58.6 Å². The molecule has 0 aliphatic carbocycles. The van der Waals surface area contributed by atoms with Crippen LogP contribution in [0.25, 0.3) is 0 Å². The Kier molecular flexibility index (Phi) is 12.1. The van der Waals surface area contributed by atoms with Crippen LogP contribution in [-0.2, 0) is 30.3 Å². The SMILES string of the molecule is CCC(C)C(NC(=O)OC(C)(C)C)C(=O)N(C)C(C(=O)NC(Cc1ccccc1)C(=O)OC(C)(C)C)c1ccccc1. The number of likely N-dealkylation sites (N-methyl/N-ethyl adjacent to an activating group) is 1. The number of carbonyl (C=O) groups excluding carboxylic acids is 4. The quantitative estimate of drug-likeness (QED) is 0.353. The molecule has 2 N–H and O–H groups in total. The van der Waals surface area contributed by atoms with Crippen LogP contribution in [0, 0.1) is 5.92 Å². The number of nitrogens with one attached hydrogen (secondary N) is 2. The van der Waals surface area contributed by atoms with E-state index in [1.807, 2.05) is 50.2 Å². The molecule has 2 aromatic rings. The fraction of sp³-hybridized carbons (Fsp3) is 0.515. The average molecular weight is 582 g/mol. The van der Waals surface area contributed by atoms with Crippen molar-refractivity contribution < 1.29 is 28.7 Å². The van der Waals surface area contributed by atoms with Crippen LogP contribution in [0.1, 0.15) is 79.0 Å². The highest BCUT2D eigenvalue weighted by Crippen LogP contribution is 2.24. The Morgan fingerprint density at radius 3 is 1.83 bits per heavy atom. The molecular formula is C33H47N3O6. The number of nitrogens with zero attached hydrogens (tertiary/aromatic N) is 1. The normalized spacial score (nSPS) is 14.5. The van der Waals surface area contributed by atoms with Crippen molar-refractivity contribution in [3.63, 3.8) is 0 Å². The van der Waals surface area contributed by atoms with E-state index in [1.165, 1.54) is 11.9 Å². The van der Waals surface area contributed by atoms with Gasteiger partial charge in [0.15, 0.2) is 0 Å². The monoisotopic (exact) mass is 581 g/mol. The van der Waals surface area contributed by atoms with Gasteiger partial charge in [0, 0.05) is 13.5 Å². The van der Waals surface area contributed by atoms with Gasteiger partial charge >= 0.3 is 12.1 Å². The second-order valence-electron chi connectivity index (χ2n) is 12.6. The Bertz CT molecular complexity index is 1190. The molecule has 9 heteroatoms. The molecule has 0 aliphatic heterocycles. The first-order valence-corrected chi connectivity index (χ1v) is 14.4. The number of hydrogen-bond donors (Lipinski definition) is 2. The maximum atomic E-state index is 14.0. The minimum atomic E-state index is -1.09. The summed E-state index contributed by atoms with van der Waals surface area (Å²) in [5.41, 5.74) is -0.124. The Morgan fingerprint density at radius 1 is 0.810 bits per heavy atom. The van der Waals surface area contributed by atoms with E-state index in [0.717, 1.165) is 5.56 Å². The first kappa shape index (κ1) is 34.3. The van der Waals surface area contributed by atoms with Crippen molar-refractivity contribution in [3.05, 3.63) is 71.8 Å². The number of alkyl carbamates (subject to hydrolysis) is 1. The molecule has 0 heterocycles. The van der Waals surface area contributed by atoms with Crippen LogP contribution >= 0.6 is 0 Å². The van der Waals surface area contributed by atoms with E-state index in [0.29, 0.717) is 12.0 Å². The molecule has 42 heavy (non-hydrogen) atoms. The van der Waals surface area contributed by atoms with E-state index in [4.69, 9.17) is 9.47 Å². The minimum absolute atomic E-state index is 0.205. The summed E-state index contributed by atoms with van der Waals surface area (Å²) in [6.07, 6.45) is 0.0826. The lowest BCUT2D eigenvalue weighted by molar-refractivity contribution is -0.159. The van der Waals surface area contributed by atoms with E-state index in [1.54, 1.807) is 65.8 Å². The van der Waals surface area contributed by atoms with Gasteiger partial charge in [-0.1, -0.05) is 80.9 Å². The molecule has 230 valence electrons. The molecule has 0 bridgehead atoms. The van der Waals surface area contributed by atoms with Crippen molar-refractivity contribution in [2.24, 2.45) is 5.92 Å². The van der Waals surface area contributed by atoms with Crippen molar-refractivity contribution in [2.45, 2.75) is 97.6 Å². The predicted molar refractivity (Wildman–Crippen MR) is 162 cm³/mol. The minimum Gasteiger partial charge on any atom is -0.458 e. The number of hydrogen-bond acceptors (Lipinski definition) is 6. The second-order valence-corrected chi connectivity index (χ2v) is 12.6. The van der Waals surface area contributed by atoms with Crippen LogP contribution in [0.5, 0.6) is 0 Å². The molecule has 0 radical (unpaired) electrons. The van der Waals surface area contributed by atoms with Crippen LogP contribution in [-0.4, -0.2) is 59.1 Å². The van der Waals surface area contributed by atoms with Crippen molar-refractivity contribution in [1.82, 2.24) is 15.5 Å². The zero-order chi connectivity index (χ0) is 31.7. The molecule has 0 aliphatic rings. The Balaban J connectivity index is 2.44. The zero-order valence-corrected chi connectivity index (χ0v) is 26.4. The molecule has 0 fully saturated rings. The van der Waals surface area contributed by atoms with E-state index in [-0.39, 0.29) is 12.3 Å². The van der Waals surface area contributed by atoms with Gasteiger partial charge in [-0.25, -0.2) is 9.59 Å². The van der Waals surface area contributed by atoms with E-state index < -0.39 is 53.2 Å². The molecule has 4 unspecified atom stereocenters. The molecule has 0 saturated carbocycles. The lowest BCUT2D eigenvalue weighted by Gasteiger charge is -2.34. The van der Waals surface area contributed by atoms with Crippen LogP contribution in [0.2, 0.25) is 0 Å². The van der Waals surface area contributed by atoms with E-state index in [9.17, 15) is 19.2 Å². The Morgan fingerprint density at radius 2 is 1.33 bits per heavy atom. The smallest absolute Gasteiger partial charge is 0.408 e. The van der Waals surface area contributed by atoms with E-state index in [2.05, 4.69) is 10.6 Å². The molecular weight excluding hydrogens is 534 g/mol. The van der Waals surface area contributed by atoms with Crippen LogP contribution in [0.15, 0.2) is 60.7 Å². The molecule has 2 rings (SSSR count). The van der Waals surface area contributed by atoms with Gasteiger partial charge in [-0.2, -0.15) is 0 Å². The maximum absolute atomic E-state index is 14.0. The highest BCUT2D eigenvalue weighted by Gasteiger charge is 2.38. The lowest BCUT2D eigenvalue weighted by atomic mass is 9.96. The van der Waals surface area contributed by atoms with Gasteiger partial charge in [0.25, 0.3) is 0 Å². The standard InChI is InChI=1S/C33H47N3O6/c1-10-22(2)26(35-31(40)42-33(6,7)8)29(38)36(9)27(24-19-15-12-16-20-24)28(37)34-25(30(39)41-32(3,4)5)21-23-17-13-11-14-18-23/h11-20,22,25-27H,10,21H2,1-9H3,(H,34,37)(H,35,40). The van der Waals surface area contributed by atoms with Gasteiger partial charge in [-0.3, -0.25) is 9.59 Å². The second kappa shape index (κ2) is 14.8. The maximum Gasteiger partial charge on any atom is 0.408 e. The lowest BCUT2D eigenvalue weighted by Crippen LogP contribution is -2.55. The average Bonchev–Trinajstić information content (AvgIpc) is 2.90. The number of ether oxygens (including phenoxy) is 2. The van der Waals surface area contributed by atoms with E-state index >= 15 is 0 Å². The summed E-state index contributed by atoms with van der Waals surface area (Å²) < 4.78 is 11.0.